The van der Waals surface area contributed by atoms with E-state index in [0.717, 1.165) is 60.9 Å². The SMILES string of the molecule is N#Cc1cc(C#N)cc(-c2ccc3c(c2)c2cc(-c4cc(C#N)cc(C#N)c4)ccc2n3-c2ccc(C#N)c(-c3ccncc3)c2)c1. The molecule has 0 unspecified atom stereocenters. The highest BCUT2D eigenvalue weighted by Crippen LogP contribution is 2.39. The van der Waals surface area contributed by atoms with Crippen molar-refractivity contribution in [1.82, 2.24) is 9.55 Å². The first-order chi connectivity index (χ1) is 23.0. The molecule has 0 aliphatic rings. The van der Waals surface area contributed by atoms with E-state index in [1.165, 1.54) is 0 Å². The van der Waals surface area contributed by atoms with Gasteiger partial charge in [0.25, 0.3) is 0 Å². The van der Waals surface area contributed by atoms with E-state index in [0.29, 0.717) is 27.8 Å². The molecule has 0 bridgehead atoms. The molecule has 0 saturated heterocycles. The number of fused-ring (bicyclic) bond motifs is 3. The Morgan fingerprint density at radius 3 is 1.36 bits per heavy atom. The molecule has 0 N–H and O–H groups in total. The summed E-state index contributed by atoms with van der Waals surface area (Å²) in [4.78, 5) is 4.13. The zero-order valence-electron chi connectivity index (χ0n) is 24.6. The normalized spacial score (nSPS) is 10.4. The Morgan fingerprint density at radius 2 is 0.915 bits per heavy atom. The molecule has 0 fully saturated rings. The van der Waals surface area contributed by atoms with Crippen LogP contribution in [0, 0.1) is 56.7 Å². The average Bonchev–Trinajstić information content (AvgIpc) is 3.47. The zero-order valence-corrected chi connectivity index (χ0v) is 24.6. The molecule has 0 aliphatic heterocycles. The molecule has 2 heterocycles. The summed E-state index contributed by atoms with van der Waals surface area (Å²) in [5.74, 6) is 0. The minimum Gasteiger partial charge on any atom is -0.309 e. The molecular weight excluding hydrogens is 578 g/mol. The quantitative estimate of drug-likeness (QED) is 0.199. The van der Waals surface area contributed by atoms with Crippen LogP contribution >= 0.6 is 0 Å². The fourth-order valence-electron chi connectivity index (χ4n) is 6.05. The average molecular weight is 598 g/mol. The van der Waals surface area contributed by atoms with Gasteiger partial charge < -0.3 is 4.57 Å². The standard InChI is InChI=1S/C40H19N7/c41-20-25-11-26(21-42)14-33(13-25)30-2-5-39-37(17-30)38-18-31(34-15-27(22-43)12-28(16-34)23-44)3-6-40(38)47(39)35-4-1-32(24-45)36(19-35)29-7-9-46-10-8-29/h1-19H. The van der Waals surface area contributed by atoms with Gasteiger partial charge in [0.1, 0.15) is 0 Å². The van der Waals surface area contributed by atoms with Gasteiger partial charge in [-0.05, 0) is 119 Å². The summed E-state index contributed by atoms with van der Waals surface area (Å²) in [5.41, 5.74) is 9.64. The lowest BCUT2D eigenvalue weighted by atomic mass is 9.97. The molecule has 47 heavy (non-hydrogen) atoms. The number of nitrogens with zero attached hydrogens (tertiary/aromatic N) is 7. The van der Waals surface area contributed by atoms with E-state index in [1.807, 2.05) is 54.6 Å². The second kappa shape index (κ2) is 11.5. The molecule has 7 heteroatoms. The lowest BCUT2D eigenvalue weighted by molar-refractivity contribution is 1.18. The summed E-state index contributed by atoms with van der Waals surface area (Å²) < 4.78 is 2.14. The monoisotopic (exact) mass is 597 g/mol. The second-order valence-electron chi connectivity index (χ2n) is 10.9. The van der Waals surface area contributed by atoms with Crippen LogP contribution in [0.15, 0.2) is 116 Å². The first-order valence-corrected chi connectivity index (χ1v) is 14.5. The molecule has 0 aliphatic carbocycles. The van der Waals surface area contributed by atoms with E-state index in [4.69, 9.17) is 0 Å². The molecule has 0 amide bonds. The number of benzene rings is 5. The van der Waals surface area contributed by atoms with E-state index in [-0.39, 0.29) is 0 Å². The van der Waals surface area contributed by atoms with E-state index in [9.17, 15) is 26.3 Å². The van der Waals surface area contributed by atoms with Gasteiger partial charge in [0.05, 0.1) is 69.2 Å². The van der Waals surface area contributed by atoms with Crippen molar-refractivity contribution in [3.05, 3.63) is 143 Å². The van der Waals surface area contributed by atoms with Crippen molar-refractivity contribution in [2.24, 2.45) is 0 Å². The Morgan fingerprint density at radius 1 is 0.426 bits per heavy atom. The van der Waals surface area contributed by atoms with Crippen molar-refractivity contribution in [1.29, 1.82) is 26.3 Å². The largest absolute Gasteiger partial charge is 0.309 e. The lowest BCUT2D eigenvalue weighted by Crippen LogP contribution is -1.96. The molecule has 7 rings (SSSR count). The van der Waals surface area contributed by atoms with Gasteiger partial charge in [-0.2, -0.15) is 26.3 Å². The number of rotatable bonds is 4. The zero-order chi connectivity index (χ0) is 32.5. The van der Waals surface area contributed by atoms with Crippen LogP contribution < -0.4 is 0 Å². The molecule has 2 aromatic heterocycles. The van der Waals surface area contributed by atoms with Crippen LogP contribution in [0.2, 0.25) is 0 Å². The fraction of sp³-hybridized carbons (Fsp3) is 0. The van der Waals surface area contributed by atoms with Gasteiger partial charge in [-0.15, -0.1) is 0 Å². The van der Waals surface area contributed by atoms with Gasteiger partial charge in [0.15, 0.2) is 0 Å². The number of hydrogen-bond acceptors (Lipinski definition) is 6. The highest BCUT2D eigenvalue weighted by Gasteiger charge is 2.17. The second-order valence-corrected chi connectivity index (χ2v) is 10.9. The molecule has 7 nitrogen and oxygen atoms in total. The molecule has 7 aromatic rings. The van der Waals surface area contributed by atoms with Crippen molar-refractivity contribution in [2.45, 2.75) is 0 Å². The Hall–Kier alpha value is -7.50. The molecule has 0 spiro atoms. The summed E-state index contributed by atoms with van der Waals surface area (Å²) in [6.07, 6.45) is 3.40. The van der Waals surface area contributed by atoms with Crippen LogP contribution in [0.5, 0.6) is 0 Å². The third kappa shape index (κ3) is 4.98. The van der Waals surface area contributed by atoms with Gasteiger partial charge in [-0.25, -0.2) is 0 Å². The Labute approximate surface area is 269 Å². The van der Waals surface area contributed by atoms with Crippen molar-refractivity contribution in [2.75, 3.05) is 0 Å². The minimum atomic E-state index is 0.399. The van der Waals surface area contributed by atoms with Crippen molar-refractivity contribution < 1.29 is 0 Å². The van der Waals surface area contributed by atoms with E-state index in [2.05, 4.69) is 52.0 Å². The van der Waals surface area contributed by atoms with Gasteiger partial charge in [0, 0.05) is 34.4 Å². The van der Waals surface area contributed by atoms with Crippen LogP contribution in [0.3, 0.4) is 0 Å². The first-order valence-electron chi connectivity index (χ1n) is 14.5. The summed E-state index contributed by atoms with van der Waals surface area (Å²) >= 11 is 0. The first kappa shape index (κ1) is 28.3. The van der Waals surface area contributed by atoms with Crippen LogP contribution in [-0.2, 0) is 0 Å². The fourth-order valence-corrected chi connectivity index (χ4v) is 6.05. The topological polar surface area (TPSA) is 137 Å². The molecule has 214 valence electrons. The van der Waals surface area contributed by atoms with Gasteiger partial charge in [0.2, 0.25) is 0 Å². The predicted octanol–water partition coefficient (Wildman–Crippen LogP) is 8.54. The van der Waals surface area contributed by atoms with Crippen molar-refractivity contribution >= 4 is 21.8 Å². The molecule has 0 radical (unpaired) electrons. The summed E-state index contributed by atoms with van der Waals surface area (Å²) in [5, 5.41) is 50.2. The Balaban J connectivity index is 1.52. The number of hydrogen-bond donors (Lipinski definition) is 0. The van der Waals surface area contributed by atoms with E-state index >= 15 is 0 Å². The number of pyridine rings is 1. The summed E-state index contributed by atoms with van der Waals surface area (Å²) in [6.45, 7) is 0. The van der Waals surface area contributed by atoms with Gasteiger partial charge >= 0.3 is 0 Å². The van der Waals surface area contributed by atoms with E-state index < -0.39 is 0 Å². The summed E-state index contributed by atoms with van der Waals surface area (Å²) in [6, 6.07) is 42.7. The smallest absolute Gasteiger partial charge is 0.0998 e. The summed E-state index contributed by atoms with van der Waals surface area (Å²) in [7, 11) is 0. The third-order valence-electron chi connectivity index (χ3n) is 8.19. The van der Waals surface area contributed by atoms with Crippen molar-refractivity contribution in [3.8, 4) is 69.4 Å². The van der Waals surface area contributed by atoms with Gasteiger partial charge in [-0.1, -0.05) is 12.1 Å². The van der Waals surface area contributed by atoms with Crippen LogP contribution in [0.1, 0.15) is 27.8 Å². The van der Waals surface area contributed by atoms with E-state index in [1.54, 1.807) is 48.8 Å². The van der Waals surface area contributed by atoms with Crippen LogP contribution in [0.25, 0.3) is 60.9 Å². The highest BCUT2D eigenvalue weighted by molar-refractivity contribution is 6.11. The molecule has 0 saturated carbocycles. The molecule has 0 atom stereocenters. The third-order valence-corrected chi connectivity index (χ3v) is 8.19. The predicted molar refractivity (Wildman–Crippen MR) is 178 cm³/mol. The Bertz CT molecular complexity index is 2430. The Kier molecular flexibility index (Phi) is 6.94. The minimum absolute atomic E-state index is 0.399. The van der Waals surface area contributed by atoms with Crippen LogP contribution in [-0.4, -0.2) is 9.55 Å². The maximum absolute atomic E-state index is 9.92. The number of nitriles is 5. The highest BCUT2D eigenvalue weighted by atomic mass is 15.0. The lowest BCUT2D eigenvalue weighted by Gasteiger charge is -2.12. The maximum Gasteiger partial charge on any atom is 0.0998 e. The number of aromatic nitrogens is 2. The van der Waals surface area contributed by atoms with Gasteiger partial charge in [-0.3, -0.25) is 4.98 Å². The van der Waals surface area contributed by atoms with Crippen LogP contribution in [0.4, 0.5) is 0 Å². The molecular formula is C40H19N7. The maximum atomic E-state index is 9.92. The molecule has 5 aromatic carbocycles. The van der Waals surface area contributed by atoms with Crippen molar-refractivity contribution in [3.63, 3.8) is 0 Å².